The van der Waals surface area contributed by atoms with Crippen molar-refractivity contribution in [1.29, 1.82) is 0 Å². The normalized spacial score (nSPS) is 13.4. The van der Waals surface area contributed by atoms with E-state index in [9.17, 15) is 9.59 Å². The van der Waals surface area contributed by atoms with Crippen molar-refractivity contribution >= 4 is 63.5 Å². The Hall–Kier alpha value is -1.27. The van der Waals surface area contributed by atoms with Crippen LogP contribution in [0.15, 0.2) is 18.2 Å². The molecule has 4 nitrogen and oxygen atoms in total. The van der Waals surface area contributed by atoms with Crippen LogP contribution < -0.4 is 10.1 Å². The summed E-state index contributed by atoms with van der Waals surface area (Å²) < 4.78 is 5.99. The number of ether oxygens (including phenoxy) is 1. The van der Waals surface area contributed by atoms with Gasteiger partial charge in [0.15, 0.2) is 12.4 Å². The molecular formula is C13H6Cl3NO3S. The van der Waals surface area contributed by atoms with Gasteiger partial charge in [-0.3, -0.25) is 9.59 Å². The molecular weight excluding hydrogens is 357 g/mol. The molecule has 0 fully saturated rings. The van der Waals surface area contributed by atoms with Crippen LogP contribution in [0.1, 0.15) is 15.9 Å². The van der Waals surface area contributed by atoms with E-state index in [-0.39, 0.29) is 34.4 Å². The van der Waals surface area contributed by atoms with Crippen LogP contribution in [-0.4, -0.2) is 18.3 Å². The van der Waals surface area contributed by atoms with Crippen LogP contribution in [0.5, 0.6) is 5.75 Å². The second-order valence-corrected chi connectivity index (χ2v) is 6.92. The van der Waals surface area contributed by atoms with Gasteiger partial charge in [0.2, 0.25) is 0 Å². The molecule has 8 heteroatoms. The van der Waals surface area contributed by atoms with Gasteiger partial charge in [-0.25, -0.2) is 0 Å². The first-order valence-electron chi connectivity index (χ1n) is 5.71. The van der Waals surface area contributed by atoms with Crippen molar-refractivity contribution in [2.45, 2.75) is 0 Å². The number of hydrogen-bond donors (Lipinski definition) is 1. The zero-order valence-corrected chi connectivity index (χ0v) is 13.3. The molecule has 2 heterocycles. The maximum absolute atomic E-state index is 12.5. The third-order valence-electron chi connectivity index (χ3n) is 2.85. The average molecular weight is 363 g/mol. The highest BCUT2D eigenvalue weighted by Crippen LogP contribution is 2.37. The molecule has 0 spiro atoms. The molecule has 1 aromatic carbocycles. The topological polar surface area (TPSA) is 55.4 Å². The van der Waals surface area contributed by atoms with E-state index in [0.29, 0.717) is 20.1 Å². The Balaban J connectivity index is 2.05. The van der Waals surface area contributed by atoms with E-state index in [1.54, 1.807) is 0 Å². The summed E-state index contributed by atoms with van der Waals surface area (Å²) in [5.74, 6) is -0.235. The molecule has 0 saturated carbocycles. The second kappa shape index (κ2) is 5.50. The molecule has 1 aliphatic heterocycles. The summed E-state index contributed by atoms with van der Waals surface area (Å²) in [5.41, 5.74) is 0.957. The summed E-state index contributed by atoms with van der Waals surface area (Å²) in [6, 6.07) is 4.46. The minimum absolute atomic E-state index is 0.104. The Morgan fingerprint density at radius 1 is 1.19 bits per heavy atom. The minimum Gasteiger partial charge on any atom is -0.482 e. The molecule has 0 radical (unpaired) electrons. The first-order valence-corrected chi connectivity index (χ1v) is 7.66. The van der Waals surface area contributed by atoms with Gasteiger partial charge in [0.05, 0.1) is 20.6 Å². The van der Waals surface area contributed by atoms with Gasteiger partial charge in [0, 0.05) is 5.56 Å². The smallest absolute Gasteiger partial charge is 0.262 e. The van der Waals surface area contributed by atoms with Crippen molar-refractivity contribution in [2.24, 2.45) is 0 Å². The number of benzene rings is 1. The van der Waals surface area contributed by atoms with Crippen molar-refractivity contribution in [3.05, 3.63) is 43.0 Å². The number of nitrogens with one attached hydrogen (secondary N) is 1. The molecule has 3 rings (SSSR count). The van der Waals surface area contributed by atoms with Crippen molar-refractivity contribution in [3.63, 3.8) is 0 Å². The molecule has 0 bridgehead atoms. The highest BCUT2D eigenvalue weighted by molar-refractivity contribution is 7.20. The number of carbonyl (C=O) groups excluding carboxylic acids is 2. The Kier molecular flexibility index (Phi) is 3.84. The lowest BCUT2D eigenvalue weighted by Crippen LogP contribution is -2.25. The van der Waals surface area contributed by atoms with Crippen molar-refractivity contribution < 1.29 is 14.3 Å². The number of amides is 1. The molecule has 108 valence electrons. The summed E-state index contributed by atoms with van der Waals surface area (Å²) in [6.07, 6.45) is 0. The monoisotopic (exact) mass is 361 g/mol. The van der Waals surface area contributed by atoms with Gasteiger partial charge in [0.25, 0.3) is 5.91 Å². The lowest BCUT2D eigenvalue weighted by atomic mass is 10.0. The summed E-state index contributed by atoms with van der Waals surface area (Å²) in [4.78, 5) is 23.7. The first kappa shape index (κ1) is 14.7. The predicted octanol–water partition coefficient (Wildman–Crippen LogP) is 4.27. The van der Waals surface area contributed by atoms with Crippen molar-refractivity contribution in [1.82, 2.24) is 0 Å². The average Bonchev–Trinajstić information content (AvgIpc) is 2.76. The SMILES string of the molecule is O=C1COc2cc(C(=O)c3cc(Cl)sc3Cl)c(Cl)cc2N1. The number of halogens is 3. The van der Waals surface area contributed by atoms with Gasteiger partial charge < -0.3 is 10.1 Å². The van der Waals surface area contributed by atoms with Gasteiger partial charge in [-0.2, -0.15) is 0 Å². The van der Waals surface area contributed by atoms with Gasteiger partial charge in [-0.1, -0.05) is 34.8 Å². The third kappa shape index (κ3) is 2.74. The van der Waals surface area contributed by atoms with Gasteiger partial charge in [-0.05, 0) is 18.2 Å². The molecule has 21 heavy (non-hydrogen) atoms. The fourth-order valence-electron chi connectivity index (χ4n) is 1.91. The van der Waals surface area contributed by atoms with Gasteiger partial charge in [0.1, 0.15) is 10.1 Å². The van der Waals surface area contributed by atoms with Gasteiger partial charge in [-0.15, -0.1) is 11.3 Å². The summed E-state index contributed by atoms with van der Waals surface area (Å²) in [5, 5.41) is 2.81. The van der Waals surface area contributed by atoms with Crippen LogP contribution in [0.4, 0.5) is 5.69 Å². The summed E-state index contributed by atoms with van der Waals surface area (Å²) in [7, 11) is 0. The van der Waals surface area contributed by atoms with E-state index >= 15 is 0 Å². The first-order chi connectivity index (χ1) is 9.95. The largest absolute Gasteiger partial charge is 0.482 e. The van der Waals surface area contributed by atoms with E-state index < -0.39 is 0 Å². The number of ketones is 1. The fraction of sp³-hybridized carbons (Fsp3) is 0.0769. The molecule has 0 aliphatic carbocycles. The summed E-state index contributed by atoms with van der Waals surface area (Å²) in [6.45, 7) is -0.104. The molecule has 1 aliphatic rings. The maximum Gasteiger partial charge on any atom is 0.262 e. The van der Waals surface area contributed by atoms with E-state index in [1.807, 2.05) is 0 Å². The highest BCUT2D eigenvalue weighted by Gasteiger charge is 2.23. The lowest BCUT2D eigenvalue weighted by Gasteiger charge is -2.19. The Morgan fingerprint density at radius 2 is 1.95 bits per heavy atom. The zero-order valence-electron chi connectivity index (χ0n) is 10.2. The molecule has 0 atom stereocenters. The molecule has 1 amide bonds. The van der Waals surface area contributed by atoms with E-state index in [0.717, 1.165) is 11.3 Å². The van der Waals surface area contributed by atoms with Crippen LogP contribution in [0.25, 0.3) is 0 Å². The Bertz CT molecular complexity index is 772. The quantitative estimate of drug-likeness (QED) is 0.812. The third-order valence-corrected chi connectivity index (χ3v) is 4.65. The number of rotatable bonds is 2. The van der Waals surface area contributed by atoms with E-state index in [2.05, 4.69) is 5.32 Å². The van der Waals surface area contributed by atoms with Gasteiger partial charge >= 0.3 is 0 Å². The minimum atomic E-state index is -0.351. The number of hydrogen-bond acceptors (Lipinski definition) is 4. The second-order valence-electron chi connectivity index (χ2n) is 4.23. The molecule has 0 saturated heterocycles. The zero-order chi connectivity index (χ0) is 15.1. The number of fused-ring (bicyclic) bond motifs is 1. The maximum atomic E-state index is 12.5. The van der Waals surface area contributed by atoms with Crippen LogP contribution in [-0.2, 0) is 4.79 Å². The highest BCUT2D eigenvalue weighted by atomic mass is 35.5. The number of thiophene rings is 1. The standard InChI is InChI=1S/C13H6Cl3NO3S/c14-7-3-8-9(20-4-11(18)17-8)1-5(7)12(19)6-2-10(15)21-13(6)16/h1-3H,4H2,(H,17,18). The lowest BCUT2D eigenvalue weighted by molar-refractivity contribution is -0.118. The van der Waals surface area contributed by atoms with Crippen LogP contribution in [0.3, 0.4) is 0 Å². The predicted molar refractivity (Wildman–Crippen MR) is 83.3 cm³/mol. The number of carbonyl (C=O) groups is 2. The molecule has 1 N–H and O–H groups in total. The van der Waals surface area contributed by atoms with E-state index in [1.165, 1.54) is 18.2 Å². The Labute approximate surface area is 138 Å². The summed E-state index contributed by atoms with van der Waals surface area (Å²) >= 11 is 19.0. The number of anilines is 1. The molecule has 0 unspecified atom stereocenters. The van der Waals surface area contributed by atoms with Crippen LogP contribution in [0, 0.1) is 0 Å². The molecule has 2 aromatic rings. The molecule has 1 aromatic heterocycles. The van der Waals surface area contributed by atoms with Crippen molar-refractivity contribution in [2.75, 3.05) is 11.9 Å². The van der Waals surface area contributed by atoms with Crippen LogP contribution in [0.2, 0.25) is 13.7 Å². The van der Waals surface area contributed by atoms with Crippen LogP contribution >= 0.6 is 46.1 Å². The van der Waals surface area contributed by atoms with Crippen molar-refractivity contribution in [3.8, 4) is 5.75 Å². The fourth-order valence-corrected chi connectivity index (χ4v) is 3.62. The van der Waals surface area contributed by atoms with E-state index in [4.69, 9.17) is 39.5 Å². The Morgan fingerprint density at radius 3 is 2.62 bits per heavy atom.